The highest BCUT2D eigenvalue weighted by Crippen LogP contribution is 2.38. The Morgan fingerprint density at radius 2 is 0.610 bits per heavy atom. The van der Waals surface area contributed by atoms with Crippen LogP contribution in [0.2, 0.25) is 0 Å². The smallest absolute Gasteiger partial charge is 0.306 e. The normalized spacial score (nSPS) is 24.0. The first-order chi connectivity index (χ1) is 39.1. The van der Waals surface area contributed by atoms with Crippen LogP contribution in [-0.4, -0.2) is 128 Å². The average Bonchev–Trinajstić information content (AvgIpc) is 3.25. The van der Waals surface area contributed by atoms with E-state index in [0.29, 0.717) is 24.7 Å². The zero-order valence-corrected chi connectivity index (χ0v) is 51.7. The third kappa shape index (κ3) is 30.6. The van der Waals surface area contributed by atoms with E-state index in [1.54, 1.807) is 0 Å². The highest BCUT2D eigenvalue weighted by atomic mass is 16.8. The number of ether oxygens (including phenoxy) is 11. The van der Waals surface area contributed by atoms with Crippen molar-refractivity contribution < 1.29 is 95.3 Å². The molecule has 4 unspecified atom stereocenters. The number of hydrogen-bond donors (Lipinski definition) is 0. The molecule has 1 aliphatic carbocycles. The zero-order valence-electron chi connectivity index (χ0n) is 51.7. The van der Waals surface area contributed by atoms with Gasteiger partial charge in [0, 0.05) is 61.3 Å². The van der Waals surface area contributed by atoms with Crippen LogP contribution in [0.15, 0.2) is 0 Å². The molecule has 20 nitrogen and oxygen atoms in total. The van der Waals surface area contributed by atoms with Gasteiger partial charge in [0.2, 0.25) is 0 Å². The molecule has 0 N–H and O–H groups in total. The van der Waals surface area contributed by atoms with Gasteiger partial charge < -0.3 is 52.1 Å². The van der Waals surface area contributed by atoms with Crippen molar-refractivity contribution in [1.82, 2.24) is 0 Å². The first-order valence-corrected chi connectivity index (χ1v) is 30.9. The fourth-order valence-electron chi connectivity index (χ4n) is 10.8. The molecule has 0 bridgehead atoms. The summed E-state index contributed by atoms with van der Waals surface area (Å²) in [5.74, 6) is -6.81. The average molecular weight is 1170 g/mol. The van der Waals surface area contributed by atoms with Gasteiger partial charge in [-0.15, -0.1) is 0 Å². The maximum absolute atomic E-state index is 13.9. The Bertz CT molecular complexity index is 1860. The van der Waals surface area contributed by atoms with E-state index in [2.05, 4.69) is 27.7 Å². The maximum atomic E-state index is 13.9. The van der Waals surface area contributed by atoms with Crippen LogP contribution in [0.3, 0.4) is 0 Å². The molecule has 2 aliphatic rings. The quantitative estimate of drug-likeness (QED) is 0.0313. The summed E-state index contributed by atoms with van der Waals surface area (Å²) in [6.07, 6.45) is 8.86. The molecule has 13 atom stereocenters. The Morgan fingerprint density at radius 3 is 0.951 bits per heavy atom. The van der Waals surface area contributed by atoms with Crippen LogP contribution >= 0.6 is 0 Å². The molecular weight excluding hydrogens is 1060 g/mol. The van der Waals surface area contributed by atoms with Crippen LogP contribution in [0.5, 0.6) is 0 Å². The number of carbonyl (C=O) groups is 9. The van der Waals surface area contributed by atoms with Gasteiger partial charge in [0.15, 0.2) is 55.1 Å². The Hall–Kier alpha value is -4.85. The molecular formula is C62H104O20. The standard InChI is InChI=1S/C62H104O20/c1-12-14-16-18-22-28-34-41(3)36-30-24-20-26-32-38-51(70)72-40-50-53(81-52(71)39-33-27-21-25-31-37-42(4)35-29-23-19-17-15-13-2)54(73-43(5)63)61(79-49(11)69)62(80-50)82-60-58(77-47(9)67)56(75-45(7)65)55(74-44(6)64)57(76-46(8)66)59(60)78-48(10)68/h41-42,50,53-62H,12-40H2,1-11H3/t41?,42?,50-,53-,54+,55?,56-,57+,58+,59-,60?,61+,62-/m1/s1. The van der Waals surface area contributed by atoms with E-state index in [-0.39, 0.29) is 12.8 Å². The SMILES string of the molecule is CCCCCCCCC(C)CCCCCCCC(=O)OC[C@H]1O[C@H](OC2[C@@H](OC(C)=O)[C@H](OC(C)=O)C(OC(C)=O)[C@H](OC(C)=O)[C@H]2OC(C)=O)[C@@H](OC(C)=O)[C@@H](OC(C)=O)[C@@H]1OC(=O)CCCCCCCC(C)CCCCCCCC. The van der Waals surface area contributed by atoms with Gasteiger partial charge in [-0.25, -0.2) is 0 Å². The van der Waals surface area contributed by atoms with E-state index in [0.717, 1.165) is 113 Å². The fraction of sp³-hybridized carbons (Fsp3) is 0.855. The topological polar surface area (TPSA) is 255 Å². The number of esters is 9. The molecule has 0 radical (unpaired) electrons. The van der Waals surface area contributed by atoms with Crippen LogP contribution in [0.25, 0.3) is 0 Å². The summed E-state index contributed by atoms with van der Waals surface area (Å²) in [4.78, 5) is 117. The summed E-state index contributed by atoms with van der Waals surface area (Å²) in [7, 11) is 0. The van der Waals surface area contributed by atoms with Crippen LogP contribution in [0.4, 0.5) is 0 Å². The van der Waals surface area contributed by atoms with Crippen molar-refractivity contribution in [3.05, 3.63) is 0 Å². The number of rotatable bonds is 42. The Labute approximate surface area is 489 Å². The molecule has 1 heterocycles. The highest BCUT2D eigenvalue weighted by Gasteiger charge is 2.62. The summed E-state index contributed by atoms with van der Waals surface area (Å²) in [5.41, 5.74) is 0. The zero-order chi connectivity index (χ0) is 61.0. The van der Waals surface area contributed by atoms with E-state index in [1.807, 2.05) is 0 Å². The van der Waals surface area contributed by atoms with Crippen molar-refractivity contribution in [2.45, 2.75) is 323 Å². The molecule has 82 heavy (non-hydrogen) atoms. The summed E-state index contributed by atoms with van der Waals surface area (Å²) in [6.45, 7) is 15.5. The van der Waals surface area contributed by atoms with E-state index < -0.39 is 128 Å². The lowest BCUT2D eigenvalue weighted by Gasteiger charge is -2.50. The lowest BCUT2D eigenvalue weighted by atomic mass is 9.83. The van der Waals surface area contributed by atoms with Gasteiger partial charge in [-0.3, -0.25) is 43.2 Å². The molecule has 1 saturated heterocycles. The van der Waals surface area contributed by atoms with E-state index in [1.165, 1.54) is 89.9 Å². The van der Waals surface area contributed by atoms with E-state index >= 15 is 0 Å². The minimum atomic E-state index is -1.98. The molecule has 0 aromatic rings. The summed E-state index contributed by atoms with van der Waals surface area (Å²) in [5, 5.41) is 0. The van der Waals surface area contributed by atoms with Crippen molar-refractivity contribution in [2.75, 3.05) is 6.61 Å². The molecule has 20 heteroatoms. The predicted octanol–water partition coefficient (Wildman–Crippen LogP) is 11.3. The lowest BCUT2D eigenvalue weighted by molar-refractivity contribution is -0.343. The highest BCUT2D eigenvalue weighted by molar-refractivity contribution is 5.72. The van der Waals surface area contributed by atoms with Gasteiger partial charge in [0.25, 0.3) is 0 Å². The lowest BCUT2D eigenvalue weighted by Crippen LogP contribution is -2.70. The fourth-order valence-corrected chi connectivity index (χ4v) is 10.8. The third-order valence-electron chi connectivity index (χ3n) is 14.9. The molecule has 472 valence electrons. The minimum absolute atomic E-state index is 0.0435. The first-order valence-electron chi connectivity index (χ1n) is 30.9. The largest absolute Gasteiger partial charge is 0.463 e. The Kier molecular flexibility index (Phi) is 37.5. The van der Waals surface area contributed by atoms with Crippen molar-refractivity contribution in [3.8, 4) is 0 Å². The summed E-state index contributed by atoms with van der Waals surface area (Å²) < 4.78 is 64.4. The van der Waals surface area contributed by atoms with Crippen LogP contribution < -0.4 is 0 Å². The van der Waals surface area contributed by atoms with Crippen LogP contribution in [0, 0.1) is 11.8 Å². The van der Waals surface area contributed by atoms with Gasteiger partial charge >= 0.3 is 53.7 Å². The molecule has 0 aromatic carbocycles. The Balaban J connectivity index is 2.47. The molecule has 1 aliphatic heterocycles. The van der Waals surface area contributed by atoms with E-state index in [9.17, 15) is 43.2 Å². The van der Waals surface area contributed by atoms with Gasteiger partial charge in [-0.2, -0.15) is 0 Å². The Morgan fingerprint density at radius 1 is 0.329 bits per heavy atom. The van der Waals surface area contributed by atoms with Gasteiger partial charge in [0.05, 0.1) is 0 Å². The van der Waals surface area contributed by atoms with Crippen molar-refractivity contribution in [1.29, 1.82) is 0 Å². The number of hydrogen-bond acceptors (Lipinski definition) is 20. The van der Waals surface area contributed by atoms with Crippen LogP contribution in [0.1, 0.15) is 256 Å². The second-order valence-electron chi connectivity index (χ2n) is 22.7. The first kappa shape index (κ1) is 73.3. The van der Waals surface area contributed by atoms with Gasteiger partial charge in [-0.1, -0.05) is 182 Å². The molecule has 2 fully saturated rings. The molecule has 2 rings (SSSR count). The summed E-state index contributed by atoms with van der Waals surface area (Å²) >= 11 is 0. The molecule has 0 amide bonds. The predicted molar refractivity (Wildman–Crippen MR) is 302 cm³/mol. The molecule has 1 saturated carbocycles. The summed E-state index contributed by atoms with van der Waals surface area (Å²) in [6, 6.07) is 0. The van der Waals surface area contributed by atoms with Crippen molar-refractivity contribution >= 4 is 53.7 Å². The third-order valence-corrected chi connectivity index (χ3v) is 14.9. The number of unbranched alkanes of at least 4 members (excludes halogenated alkanes) is 18. The minimum Gasteiger partial charge on any atom is -0.463 e. The van der Waals surface area contributed by atoms with Crippen molar-refractivity contribution in [2.24, 2.45) is 11.8 Å². The van der Waals surface area contributed by atoms with Crippen molar-refractivity contribution in [3.63, 3.8) is 0 Å². The van der Waals surface area contributed by atoms with Gasteiger partial charge in [0.1, 0.15) is 18.8 Å². The van der Waals surface area contributed by atoms with Gasteiger partial charge in [-0.05, 0) is 24.7 Å². The monoisotopic (exact) mass is 1170 g/mol. The van der Waals surface area contributed by atoms with Crippen LogP contribution in [-0.2, 0) is 95.3 Å². The molecule has 0 aromatic heterocycles. The van der Waals surface area contributed by atoms with E-state index in [4.69, 9.17) is 52.1 Å². The number of carbonyl (C=O) groups excluding carboxylic acids is 9. The second kappa shape index (κ2) is 42.0. The molecule has 0 spiro atoms. The second-order valence-corrected chi connectivity index (χ2v) is 22.7. The maximum Gasteiger partial charge on any atom is 0.306 e.